The van der Waals surface area contributed by atoms with E-state index in [1.807, 2.05) is 13.8 Å². The molecule has 2 rings (SSSR count). The van der Waals surface area contributed by atoms with Crippen molar-refractivity contribution in [2.45, 2.75) is 52.4 Å². The van der Waals surface area contributed by atoms with Gasteiger partial charge < -0.3 is 20.5 Å². The van der Waals surface area contributed by atoms with Crippen LogP contribution in [0.2, 0.25) is 0 Å². The van der Waals surface area contributed by atoms with Gasteiger partial charge in [0, 0.05) is 29.5 Å². The van der Waals surface area contributed by atoms with Gasteiger partial charge >= 0.3 is 65.1 Å². The number of hydrogen-bond acceptors (Lipinski definition) is 6. The summed E-state index contributed by atoms with van der Waals surface area (Å²) in [4.78, 5) is 44.9. The average molecular weight is 474 g/mol. The first-order valence-corrected chi connectivity index (χ1v) is 10.0. The molecule has 0 unspecified atom stereocenters. The molecule has 0 amide bonds. The van der Waals surface area contributed by atoms with Gasteiger partial charge in [-0.15, -0.1) is 0 Å². The molecule has 0 aliphatic rings. The second-order valence-electron chi connectivity index (χ2n) is 6.74. The van der Waals surface area contributed by atoms with Crippen LogP contribution in [0, 0.1) is 0 Å². The second-order valence-corrected chi connectivity index (χ2v) is 6.74. The number of rotatable bonds is 10. The van der Waals surface area contributed by atoms with E-state index in [2.05, 4.69) is 0 Å². The largest absolute Gasteiger partial charge is 1.00 e. The van der Waals surface area contributed by atoms with Gasteiger partial charge in [0.15, 0.2) is 11.6 Å². The number of Topliss-reactive ketones (excluding diaryl/α,β-unsaturated/α-hetero) is 2. The third-order valence-corrected chi connectivity index (χ3v) is 4.42. The third-order valence-electron chi connectivity index (χ3n) is 4.42. The van der Waals surface area contributed by atoms with Crippen LogP contribution in [0.25, 0.3) is 0 Å². The molecule has 0 atom stereocenters. The number of carboxylic acid groups (broad SMARTS) is 2. The van der Waals surface area contributed by atoms with Crippen LogP contribution in [-0.2, 0) is 0 Å². The first-order chi connectivity index (χ1) is 14.3. The molecule has 2 aromatic carbocycles. The van der Waals surface area contributed by atoms with Crippen molar-refractivity contribution in [1.82, 2.24) is 0 Å². The number of hydrogen-bond donors (Lipinski definition) is 1. The molecule has 0 aliphatic carbocycles. The van der Waals surface area contributed by atoms with Crippen molar-refractivity contribution in [3.63, 3.8) is 0 Å². The molecule has 0 fully saturated rings. The number of benzene rings is 2. The van der Waals surface area contributed by atoms with Gasteiger partial charge in [-0.3, -0.25) is 9.59 Å². The molecule has 0 saturated heterocycles. The first kappa shape index (κ1) is 36.3. The maximum atomic E-state index is 11.7. The Kier molecular flexibility index (Phi) is 22.1. The molecule has 0 radical (unpaired) electrons. The maximum Gasteiger partial charge on any atom is 1.00 e. The van der Waals surface area contributed by atoms with E-state index in [1.165, 1.54) is 18.2 Å². The van der Waals surface area contributed by atoms with Crippen LogP contribution in [0.4, 0.5) is 0 Å². The molecule has 0 aromatic heterocycles. The minimum atomic E-state index is -1.30. The molecule has 168 valence electrons. The summed E-state index contributed by atoms with van der Waals surface area (Å²) in [6.45, 7) is 3.98. The van der Waals surface area contributed by atoms with E-state index < -0.39 is 11.9 Å². The fraction of sp³-hybridized carbons (Fsp3) is 0.333. The molecule has 2 aromatic rings. The summed E-state index contributed by atoms with van der Waals surface area (Å²) in [7, 11) is 0. The van der Waals surface area contributed by atoms with E-state index in [1.54, 1.807) is 30.3 Å². The SMILES string of the molecule is CCCCC(=O)c1ccccc1C(=O)O.CCCCC(=O)c1ccccc1C(=O)[O-].[Na+].[Na+].[OH-]. The molecule has 0 bridgehead atoms. The Morgan fingerprint density at radius 2 is 1.03 bits per heavy atom. The van der Waals surface area contributed by atoms with Gasteiger partial charge in [-0.05, 0) is 18.9 Å². The van der Waals surface area contributed by atoms with E-state index in [4.69, 9.17) is 5.11 Å². The van der Waals surface area contributed by atoms with Crippen LogP contribution in [0.15, 0.2) is 48.5 Å². The van der Waals surface area contributed by atoms with Crippen LogP contribution < -0.4 is 64.2 Å². The predicted octanol–water partition coefficient (Wildman–Crippen LogP) is -1.99. The molecule has 0 saturated carbocycles. The third kappa shape index (κ3) is 12.6. The number of carboxylic acids is 2. The smallest absolute Gasteiger partial charge is 0.870 e. The minimum absolute atomic E-state index is 0. The van der Waals surface area contributed by atoms with Crippen LogP contribution in [0.5, 0.6) is 0 Å². The molecular formula is C24H28Na2O7. The van der Waals surface area contributed by atoms with Crippen molar-refractivity contribution in [3.05, 3.63) is 70.8 Å². The quantitative estimate of drug-likeness (QED) is 0.310. The fourth-order valence-corrected chi connectivity index (χ4v) is 2.76. The van der Waals surface area contributed by atoms with Crippen molar-refractivity contribution < 1.29 is 94.0 Å². The summed E-state index contributed by atoms with van der Waals surface area (Å²) in [5, 5.41) is 19.6. The van der Waals surface area contributed by atoms with Crippen molar-refractivity contribution in [2.75, 3.05) is 0 Å². The molecule has 33 heavy (non-hydrogen) atoms. The Morgan fingerprint density at radius 3 is 1.36 bits per heavy atom. The molecular weight excluding hydrogens is 446 g/mol. The van der Waals surface area contributed by atoms with E-state index in [9.17, 15) is 24.3 Å². The van der Waals surface area contributed by atoms with Crippen LogP contribution in [-0.4, -0.2) is 34.1 Å². The van der Waals surface area contributed by atoms with Gasteiger partial charge in [0.1, 0.15) is 0 Å². The fourth-order valence-electron chi connectivity index (χ4n) is 2.76. The summed E-state index contributed by atoms with van der Waals surface area (Å²) >= 11 is 0. The second kappa shape index (κ2) is 20.1. The normalized spacial score (nSPS) is 9.03. The van der Waals surface area contributed by atoms with E-state index in [0.717, 1.165) is 25.7 Å². The van der Waals surface area contributed by atoms with E-state index in [-0.39, 0.29) is 92.8 Å². The summed E-state index contributed by atoms with van der Waals surface area (Å²) in [6.07, 6.45) is 4.23. The Labute approximate surface area is 238 Å². The van der Waals surface area contributed by atoms with Crippen LogP contribution in [0.3, 0.4) is 0 Å². The van der Waals surface area contributed by atoms with Gasteiger partial charge in [-0.2, -0.15) is 0 Å². The Morgan fingerprint density at radius 1 is 0.697 bits per heavy atom. The summed E-state index contributed by atoms with van der Waals surface area (Å²) in [5.74, 6) is -2.56. The van der Waals surface area contributed by atoms with Gasteiger partial charge in [-0.1, -0.05) is 69.2 Å². The first-order valence-electron chi connectivity index (χ1n) is 10.0. The zero-order valence-corrected chi connectivity index (χ0v) is 23.8. The number of unbranched alkanes of at least 4 members (excludes halogenated alkanes) is 2. The zero-order chi connectivity index (χ0) is 22.5. The predicted molar refractivity (Wildman–Crippen MR) is 114 cm³/mol. The molecule has 7 nitrogen and oxygen atoms in total. The van der Waals surface area contributed by atoms with Crippen molar-refractivity contribution in [3.8, 4) is 0 Å². The van der Waals surface area contributed by atoms with Gasteiger partial charge in [0.2, 0.25) is 0 Å². The minimum Gasteiger partial charge on any atom is -0.870 e. The van der Waals surface area contributed by atoms with Crippen LogP contribution >= 0.6 is 0 Å². The summed E-state index contributed by atoms with van der Waals surface area (Å²) in [6, 6.07) is 12.5. The molecule has 2 N–H and O–H groups in total. The monoisotopic (exact) mass is 474 g/mol. The number of carbonyl (C=O) groups is 4. The van der Waals surface area contributed by atoms with Crippen molar-refractivity contribution in [2.24, 2.45) is 0 Å². The number of aromatic carboxylic acids is 2. The Balaban J connectivity index is -0.000000500. The Hall–Kier alpha value is -1.32. The van der Waals surface area contributed by atoms with Crippen molar-refractivity contribution >= 4 is 23.5 Å². The standard InChI is InChI=1S/2C12H14O3.2Na.H2O/c2*1-2-3-8-11(13)9-6-4-5-7-10(9)12(14)15;;;/h2*4-7H,2-3,8H2,1H3,(H,14,15);;;1H2/q;;2*+1;/p-2. The molecule has 0 aliphatic heterocycles. The number of ketones is 2. The number of carbonyl (C=O) groups excluding carboxylic acids is 3. The maximum absolute atomic E-state index is 11.7. The van der Waals surface area contributed by atoms with Gasteiger partial charge in [-0.25, -0.2) is 4.79 Å². The average Bonchev–Trinajstić information content (AvgIpc) is 2.76. The molecule has 0 spiro atoms. The molecule has 0 heterocycles. The van der Waals surface area contributed by atoms with Gasteiger partial charge in [0.05, 0.1) is 11.5 Å². The summed E-state index contributed by atoms with van der Waals surface area (Å²) < 4.78 is 0. The Bertz CT molecular complexity index is 824. The molecule has 9 heteroatoms. The van der Waals surface area contributed by atoms with E-state index in [0.29, 0.717) is 18.4 Å². The zero-order valence-electron chi connectivity index (χ0n) is 19.8. The topological polar surface area (TPSA) is 142 Å². The van der Waals surface area contributed by atoms with Gasteiger partial charge in [0.25, 0.3) is 0 Å². The summed E-state index contributed by atoms with van der Waals surface area (Å²) in [5.41, 5.74) is 0.654. The van der Waals surface area contributed by atoms with Crippen LogP contribution in [0.1, 0.15) is 93.8 Å². The van der Waals surface area contributed by atoms with E-state index >= 15 is 0 Å². The van der Waals surface area contributed by atoms with Crippen molar-refractivity contribution in [1.29, 1.82) is 0 Å².